The number of amides is 1. The van der Waals surface area contributed by atoms with E-state index in [1.54, 1.807) is 0 Å². The quantitative estimate of drug-likeness (QED) is 0.853. The van der Waals surface area contributed by atoms with Crippen LogP contribution in [0, 0.1) is 0 Å². The molecule has 1 N–H and O–H groups in total. The van der Waals surface area contributed by atoms with E-state index in [1.807, 2.05) is 0 Å². The first kappa shape index (κ1) is 16.6. The molecule has 0 bridgehead atoms. The maximum atomic E-state index is 12.4. The maximum Gasteiger partial charge on any atom is 0.416 e. The molecule has 0 aliphatic carbocycles. The standard InChI is InChI=1S/C12H12F3NO5S/c1-7-10(6-16(7)11(17)18)21-22(19,20)9-4-2-8(3-5-9)12(13,14)15/h2-5,7,10H,6H2,1H3,(H,17,18)/t7-,10-/m1/s1. The van der Waals surface area contributed by atoms with E-state index < -0.39 is 45.0 Å². The van der Waals surface area contributed by atoms with Crippen molar-refractivity contribution in [1.82, 2.24) is 4.90 Å². The molecule has 1 aromatic carbocycles. The van der Waals surface area contributed by atoms with Gasteiger partial charge in [0.25, 0.3) is 10.1 Å². The fourth-order valence-corrected chi connectivity index (χ4v) is 3.09. The van der Waals surface area contributed by atoms with Crippen molar-refractivity contribution in [3.63, 3.8) is 0 Å². The van der Waals surface area contributed by atoms with Crippen molar-refractivity contribution in [3.8, 4) is 0 Å². The molecule has 0 spiro atoms. The van der Waals surface area contributed by atoms with Crippen LogP contribution >= 0.6 is 0 Å². The number of hydrogen-bond acceptors (Lipinski definition) is 4. The third-order valence-electron chi connectivity index (χ3n) is 3.37. The van der Waals surface area contributed by atoms with Crippen LogP contribution in [0.5, 0.6) is 0 Å². The minimum Gasteiger partial charge on any atom is -0.465 e. The van der Waals surface area contributed by atoms with Crippen LogP contribution in [-0.4, -0.2) is 43.2 Å². The number of likely N-dealkylation sites (tertiary alicyclic amines) is 1. The zero-order valence-electron chi connectivity index (χ0n) is 11.2. The van der Waals surface area contributed by atoms with E-state index >= 15 is 0 Å². The lowest BCUT2D eigenvalue weighted by Crippen LogP contribution is -2.61. The van der Waals surface area contributed by atoms with Crippen molar-refractivity contribution in [2.45, 2.75) is 30.1 Å². The summed E-state index contributed by atoms with van der Waals surface area (Å²) in [6.07, 6.45) is -6.61. The molecule has 10 heteroatoms. The molecule has 1 aliphatic heterocycles. The van der Waals surface area contributed by atoms with Gasteiger partial charge in [-0.25, -0.2) is 4.79 Å². The SMILES string of the molecule is C[C@@H]1[C@H](OS(=O)(=O)c2ccc(C(F)(F)F)cc2)CN1C(=O)O. The molecule has 1 saturated heterocycles. The van der Waals surface area contributed by atoms with Crippen molar-refractivity contribution in [1.29, 1.82) is 0 Å². The van der Waals surface area contributed by atoms with Gasteiger partial charge in [0.15, 0.2) is 0 Å². The molecule has 6 nitrogen and oxygen atoms in total. The van der Waals surface area contributed by atoms with Gasteiger partial charge in [0, 0.05) is 0 Å². The first-order valence-electron chi connectivity index (χ1n) is 6.12. The van der Waals surface area contributed by atoms with Crippen molar-refractivity contribution in [2.24, 2.45) is 0 Å². The molecule has 1 amide bonds. The molecule has 22 heavy (non-hydrogen) atoms. The summed E-state index contributed by atoms with van der Waals surface area (Å²) in [6, 6.07) is 2.24. The van der Waals surface area contributed by atoms with Crippen LogP contribution in [0.3, 0.4) is 0 Å². The monoisotopic (exact) mass is 339 g/mol. The van der Waals surface area contributed by atoms with Gasteiger partial charge in [-0.2, -0.15) is 21.6 Å². The molecular formula is C12H12F3NO5S. The van der Waals surface area contributed by atoms with Crippen LogP contribution in [-0.2, 0) is 20.5 Å². The van der Waals surface area contributed by atoms with Gasteiger partial charge >= 0.3 is 12.3 Å². The predicted molar refractivity (Wildman–Crippen MR) is 67.7 cm³/mol. The Kier molecular flexibility index (Phi) is 4.09. The van der Waals surface area contributed by atoms with Gasteiger partial charge in [0.05, 0.1) is 23.0 Å². The van der Waals surface area contributed by atoms with E-state index in [0.717, 1.165) is 17.0 Å². The third-order valence-corrected chi connectivity index (χ3v) is 4.72. The van der Waals surface area contributed by atoms with Crippen LogP contribution < -0.4 is 0 Å². The number of carboxylic acid groups (broad SMARTS) is 1. The summed E-state index contributed by atoms with van der Waals surface area (Å²) >= 11 is 0. The van der Waals surface area contributed by atoms with Crippen LogP contribution in [0.1, 0.15) is 12.5 Å². The third kappa shape index (κ3) is 3.17. The second kappa shape index (κ2) is 5.43. The van der Waals surface area contributed by atoms with Crippen LogP contribution in [0.15, 0.2) is 29.2 Å². The first-order valence-corrected chi connectivity index (χ1v) is 7.53. The first-order chi connectivity index (χ1) is 10.0. The normalized spacial score (nSPS) is 22.3. The molecule has 1 fully saturated rings. The summed E-state index contributed by atoms with van der Waals surface area (Å²) in [5.41, 5.74) is -0.972. The average molecular weight is 339 g/mol. The zero-order valence-corrected chi connectivity index (χ0v) is 12.1. The fourth-order valence-electron chi connectivity index (χ4n) is 1.97. The van der Waals surface area contributed by atoms with Gasteiger partial charge in [-0.1, -0.05) is 0 Å². The number of benzene rings is 1. The topological polar surface area (TPSA) is 83.9 Å². The number of hydrogen-bond donors (Lipinski definition) is 1. The molecule has 2 rings (SSSR count). The Morgan fingerprint density at radius 3 is 2.27 bits per heavy atom. The highest BCUT2D eigenvalue weighted by molar-refractivity contribution is 7.86. The van der Waals surface area contributed by atoms with Crippen molar-refractivity contribution < 1.29 is 35.7 Å². The molecule has 0 aromatic heterocycles. The van der Waals surface area contributed by atoms with Crippen molar-refractivity contribution in [2.75, 3.05) is 6.54 Å². The van der Waals surface area contributed by atoms with Crippen molar-refractivity contribution >= 4 is 16.2 Å². The lowest BCUT2D eigenvalue weighted by molar-refractivity contribution is -0.137. The largest absolute Gasteiger partial charge is 0.465 e. The van der Waals surface area contributed by atoms with E-state index in [4.69, 9.17) is 9.29 Å². The highest BCUT2D eigenvalue weighted by Crippen LogP contribution is 2.31. The van der Waals surface area contributed by atoms with Gasteiger partial charge in [0.1, 0.15) is 6.10 Å². The lowest BCUT2D eigenvalue weighted by Gasteiger charge is -2.43. The Balaban J connectivity index is 2.10. The van der Waals surface area contributed by atoms with E-state index in [-0.39, 0.29) is 6.54 Å². The highest BCUT2D eigenvalue weighted by Gasteiger charge is 2.42. The van der Waals surface area contributed by atoms with Gasteiger partial charge in [-0.15, -0.1) is 0 Å². The van der Waals surface area contributed by atoms with Crippen molar-refractivity contribution in [3.05, 3.63) is 29.8 Å². The van der Waals surface area contributed by atoms with Crippen LogP contribution in [0.4, 0.5) is 18.0 Å². The van der Waals surface area contributed by atoms with Gasteiger partial charge in [-0.3, -0.25) is 4.18 Å². The predicted octanol–water partition coefficient (Wildman–Crippen LogP) is 2.16. The maximum absolute atomic E-state index is 12.4. The number of carbonyl (C=O) groups is 1. The highest BCUT2D eigenvalue weighted by atomic mass is 32.2. The summed E-state index contributed by atoms with van der Waals surface area (Å²) < 4.78 is 66.0. The van der Waals surface area contributed by atoms with E-state index in [0.29, 0.717) is 12.1 Å². The molecule has 0 radical (unpaired) electrons. The van der Waals surface area contributed by atoms with Gasteiger partial charge in [0.2, 0.25) is 0 Å². The Morgan fingerprint density at radius 1 is 1.32 bits per heavy atom. The Morgan fingerprint density at radius 2 is 1.86 bits per heavy atom. The summed E-state index contributed by atoms with van der Waals surface area (Å²) in [5.74, 6) is 0. The number of nitrogens with zero attached hydrogens (tertiary/aromatic N) is 1. The van der Waals surface area contributed by atoms with Gasteiger partial charge in [-0.05, 0) is 31.2 Å². The van der Waals surface area contributed by atoms with Crippen LogP contribution in [0.25, 0.3) is 0 Å². The van der Waals surface area contributed by atoms with Crippen LogP contribution in [0.2, 0.25) is 0 Å². The lowest BCUT2D eigenvalue weighted by atomic mass is 10.0. The molecule has 2 atom stereocenters. The fraction of sp³-hybridized carbons (Fsp3) is 0.417. The molecule has 1 heterocycles. The summed E-state index contributed by atoms with van der Waals surface area (Å²) in [5, 5.41) is 8.76. The number of alkyl halides is 3. The minimum atomic E-state index is -4.56. The number of halogens is 3. The van der Waals surface area contributed by atoms with E-state index in [9.17, 15) is 26.4 Å². The molecule has 0 saturated carbocycles. The molecule has 1 aromatic rings. The summed E-state index contributed by atoms with van der Waals surface area (Å²) in [6.45, 7) is 1.36. The average Bonchev–Trinajstić information content (AvgIpc) is 2.41. The Hall–Kier alpha value is -1.81. The summed E-state index contributed by atoms with van der Waals surface area (Å²) in [7, 11) is -4.25. The molecule has 122 valence electrons. The Labute approximate surface area is 124 Å². The summed E-state index contributed by atoms with van der Waals surface area (Å²) in [4.78, 5) is 11.3. The number of rotatable bonds is 3. The second-order valence-corrected chi connectivity index (χ2v) is 6.36. The molecule has 0 unspecified atom stereocenters. The smallest absolute Gasteiger partial charge is 0.416 e. The minimum absolute atomic E-state index is 0.115. The van der Waals surface area contributed by atoms with Gasteiger partial charge < -0.3 is 10.0 Å². The van der Waals surface area contributed by atoms with E-state index in [2.05, 4.69) is 0 Å². The van der Waals surface area contributed by atoms with E-state index in [1.165, 1.54) is 6.92 Å². The molecular weight excluding hydrogens is 327 g/mol. The second-order valence-electron chi connectivity index (χ2n) is 4.79. The Bertz CT molecular complexity index is 671. The molecule has 1 aliphatic rings. The zero-order chi connectivity index (χ0) is 16.7.